The van der Waals surface area contributed by atoms with E-state index in [0.29, 0.717) is 27.6 Å². The summed E-state index contributed by atoms with van der Waals surface area (Å²) in [6.45, 7) is 3.65. The standard InChI is InChI=1S/C22H25Cl2NO6/c1-12(2)31-19(22(27)28)9-13-7-14(20(30-4)18(8-13)29-3)11-25-21(26)16-6-5-15(23)10-17(16)24/h5-8,10,12,19H,9,11H2,1-4H3,(H,25,26)(H,27,28). The molecular weight excluding hydrogens is 445 g/mol. The van der Waals surface area contributed by atoms with Crippen LogP contribution in [0.25, 0.3) is 0 Å². The van der Waals surface area contributed by atoms with Crippen LogP contribution < -0.4 is 14.8 Å². The third kappa shape index (κ3) is 6.75. The van der Waals surface area contributed by atoms with Crippen LogP contribution in [0.4, 0.5) is 0 Å². The van der Waals surface area contributed by atoms with Crippen LogP contribution in [-0.4, -0.2) is 43.4 Å². The number of carbonyl (C=O) groups excluding carboxylic acids is 1. The van der Waals surface area contributed by atoms with Gasteiger partial charge in [0.2, 0.25) is 0 Å². The quantitative estimate of drug-likeness (QED) is 0.536. The lowest BCUT2D eigenvalue weighted by Crippen LogP contribution is -2.29. The molecule has 31 heavy (non-hydrogen) atoms. The number of ether oxygens (including phenoxy) is 3. The van der Waals surface area contributed by atoms with Crippen molar-refractivity contribution in [2.75, 3.05) is 14.2 Å². The van der Waals surface area contributed by atoms with E-state index in [1.54, 1.807) is 32.0 Å². The Kier molecular flexibility index (Phi) is 8.98. The summed E-state index contributed by atoms with van der Waals surface area (Å²) in [5.41, 5.74) is 1.56. The molecule has 9 heteroatoms. The highest BCUT2D eigenvalue weighted by atomic mass is 35.5. The van der Waals surface area contributed by atoms with Crippen molar-refractivity contribution in [1.29, 1.82) is 0 Å². The van der Waals surface area contributed by atoms with E-state index in [1.165, 1.54) is 26.4 Å². The van der Waals surface area contributed by atoms with E-state index in [9.17, 15) is 14.7 Å². The molecule has 0 fully saturated rings. The number of hydrogen-bond donors (Lipinski definition) is 2. The first-order valence-corrected chi connectivity index (χ1v) is 10.3. The van der Waals surface area contributed by atoms with Gasteiger partial charge in [-0.15, -0.1) is 0 Å². The predicted molar refractivity (Wildman–Crippen MR) is 119 cm³/mol. The summed E-state index contributed by atoms with van der Waals surface area (Å²) in [6, 6.07) is 8.05. The number of benzene rings is 2. The summed E-state index contributed by atoms with van der Waals surface area (Å²) < 4.78 is 16.3. The molecule has 0 spiro atoms. The number of nitrogens with one attached hydrogen (secondary N) is 1. The van der Waals surface area contributed by atoms with Gasteiger partial charge < -0.3 is 24.6 Å². The van der Waals surface area contributed by atoms with Crippen LogP contribution in [0.15, 0.2) is 30.3 Å². The Hall–Kier alpha value is -2.48. The minimum atomic E-state index is -1.06. The van der Waals surface area contributed by atoms with Gasteiger partial charge in [0.1, 0.15) is 0 Å². The number of aliphatic carboxylic acids is 1. The number of halogens is 2. The third-order valence-electron chi connectivity index (χ3n) is 4.36. The van der Waals surface area contributed by atoms with Gasteiger partial charge in [-0.05, 0) is 49.7 Å². The van der Waals surface area contributed by atoms with Gasteiger partial charge in [-0.3, -0.25) is 4.79 Å². The Balaban J connectivity index is 2.29. The van der Waals surface area contributed by atoms with Gasteiger partial charge in [0, 0.05) is 23.6 Å². The molecule has 2 aromatic carbocycles. The van der Waals surface area contributed by atoms with E-state index in [2.05, 4.69) is 5.32 Å². The molecule has 0 aliphatic carbocycles. The van der Waals surface area contributed by atoms with Crippen molar-refractivity contribution in [3.63, 3.8) is 0 Å². The van der Waals surface area contributed by atoms with E-state index in [4.69, 9.17) is 37.4 Å². The molecule has 1 atom stereocenters. The molecule has 0 radical (unpaired) electrons. The molecule has 0 aliphatic heterocycles. The third-order valence-corrected chi connectivity index (χ3v) is 4.91. The summed E-state index contributed by atoms with van der Waals surface area (Å²) in [5.74, 6) is -0.594. The first-order valence-electron chi connectivity index (χ1n) is 9.51. The zero-order valence-corrected chi connectivity index (χ0v) is 19.2. The van der Waals surface area contributed by atoms with Crippen molar-refractivity contribution < 1.29 is 28.9 Å². The number of amides is 1. The lowest BCUT2D eigenvalue weighted by molar-refractivity contribution is -0.153. The fraction of sp³-hybridized carbons (Fsp3) is 0.364. The van der Waals surface area contributed by atoms with Crippen LogP contribution in [0.1, 0.15) is 35.3 Å². The van der Waals surface area contributed by atoms with Crippen LogP contribution in [0.2, 0.25) is 10.0 Å². The second kappa shape index (κ2) is 11.2. The molecule has 1 unspecified atom stereocenters. The molecule has 2 rings (SSSR count). The molecule has 0 aliphatic rings. The summed E-state index contributed by atoms with van der Waals surface area (Å²) in [4.78, 5) is 24.1. The average Bonchev–Trinajstić information content (AvgIpc) is 2.70. The molecule has 0 bridgehead atoms. The average molecular weight is 470 g/mol. The zero-order chi connectivity index (χ0) is 23.1. The summed E-state index contributed by atoms with van der Waals surface area (Å²) in [6.07, 6.45) is -1.14. The molecule has 168 valence electrons. The Morgan fingerprint density at radius 1 is 1.10 bits per heavy atom. The molecule has 7 nitrogen and oxygen atoms in total. The monoisotopic (exact) mass is 469 g/mol. The van der Waals surface area contributed by atoms with Gasteiger partial charge in [-0.25, -0.2) is 4.79 Å². The maximum atomic E-state index is 12.6. The maximum absolute atomic E-state index is 12.6. The molecule has 2 aromatic rings. The fourth-order valence-corrected chi connectivity index (χ4v) is 3.53. The minimum Gasteiger partial charge on any atom is -0.493 e. The predicted octanol–water partition coefficient (Wildman–Crippen LogP) is 4.36. The van der Waals surface area contributed by atoms with E-state index >= 15 is 0 Å². The fourth-order valence-electron chi connectivity index (χ4n) is 3.04. The van der Waals surface area contributed by atoms with E-state index in [1.807, 2.05) is 0 Å². The topological polar surface area (TPSA) is 94.1 Å². The Morgan fingerprint density at radius 3 is 2.35 bits per heavy atom. The molecule has 1 amide bonds. The van der Waals surface area contributed by atoms with E-state index in [0.717, 1.165) is 0 Å². The van der Waals surface area contributed by atoms with Crippen molar-refractivity contribution in [1.82, 2.24) is 5.32 Å². The minimum absolute atomic E-state index is 0.105. The van der Waals surface area contributed by atoms with Crippen molar-refractivity contribution in [2.45, 2.75) is 39.0 Å². The smallest absolute Gasteiger partial charge is 0.333 e. The number of methoxy groups -OCH3 is 2. The summed E-state index contributed by atoms with van der Waals surface area (Å²) in [5, 5.41) is 12.9. The molecule has 0 heterocycles. The Bertz CT molecular complexity index is 948. The number of rotatable bonds is 10. The summed E-state index contributed by atoms with van der Waals surface area (Å²) >= 11 is 12.0. The highest BCUT2D eigenvalue weighted by Gasteiger charge is 2.22. The molecular formula is C22H25Cl2NO6. The van der Waals surface area contributed by atoms with Crippen LogP contribution in [0, 0.1) is 0 Å². The van der Waals surface area contributed by atoms with E-state index < -0.39 is 12.1 Å². The first-order chi connectivity index (χ1) is 14.7. The lowest BCUT2D eigenvalue weighted by Gasteiger charge is -2.19. The number of carbonyl (C=O) groups is 2. The van der Waals surface area contributed by atoms with Gasteiger partial charge in [0.05, 0.1) is 30.9 Å². The van der Waals surface area contributed by atoms with Crippen LogP contribution in [-0.2, 0) is 22.5 Å². The lowest BCUT2D eigenvalue weighted by atomic mass is 10.0. The van der Waals surface area contributed by atoms with Gasteiger partial charge in [-0.2, -0.15) is 0 Å². The highest BCUT2D eigenvalue weighted by Crippen LogP contribution is 2.33. The Morgan fingerprint density at radius 2 is 1.81 bits per heavy atom. The van der Waals surface area contributed by atoms with Gasteiger partial charge in [0.25, 0.3) is 5.91 Å². The van der Waals surface area contributed by atoms with Gasteiger partial charge in [-0.1, -0.05) is 23.2 Å². The molecule has 0 saturated heterocycles. The second-order valence-corrected chi connectivity index (χ2v) is 7.86. The maximum Gasteiger partial charge on any atom is 0.333 e. The molecule has 0 aromatic heterocycles. The van der Waals surface area contributed by atoms with Gasteiger partial charge >= 0.3 is 5.97 Å². The summed E-state index contributed by atoms with van der Waals surface area (Å²) in [7, 11) is 2.97. The number of hydrogen-bond acceptors (Lipinski definition) is 5. The normalized spacial score (nSPS) is 11.8. The van der Waals surface area contributed by atoms with Crippen LogP contribution in [0.5, 0.6) is 11.5 Å². The SMILES string of the molecule is COc1cc(CC(OC(C)C)C(=O)O)cc(CNC(=O)c2ccc(Cl)cc2Cl)c1OC. The number of carboxylic acids is 1. The zero-order valence-electron chi connectivity index (χ0n) is 17.7. The van der Waals surface area contributed by atoms with E-state index in [-0.39, 0.29) is 35.6 Å². The van der Waals surface area contributed by atoms with Crippen molar-refractivity contribution in [3.05, 3.63) is 57.1 Å². The molecule has 2 N–H and O–H groups in total. The second-order valence-electron chi connectivity index (χ2n) is 7.01. The largest absolute Gasteiger partial charge is 0.493 e. The van der Waals surface area contributed by atoms with Crippen molar-refractivity contribution in [2.24, 2.45) is 0 Å². The molecule has 0 saturated carbocycles. The Labute approximate surface area is 191 Å². The first kappa shape index (κ1) is 24.8. The van der Waals surface area contributed by atoms with Crippen LogP contribution in [0.3, 0.4) is 0 Å². The number of carboxylic acid groups (broad SMARTS) is 1. The highest BCUT2D eigenvalue weighted by molar-refractivity contribution is 6.36. The van der Waals surface area contributed by atoms with Crippen molar-refractivity contribution in [3.8, 4) is 11.5 Å². The van der Waals surface area contributed by atoms with Crippen LogP contribution >= 0.6 is 23.2 Å². The van der Waals surface area contributed by atoms with Gasteiger partial charge in [0.15, 0.2) is 17.6 Å². The van der Waals surface area contributed by atoms with Crippen molar-refractivity contribution >= 4 is 35.1 Å².